The molecule has 8 heteroatoms. The van der Waals surface area contributed by atoms with Crippen LogP contribution in [-0.4, -0.2) is 49.8 Å². The van der Waals surface area contributed by atoms with Crippen molar-refractivity contribution in [3.63, 3.8) is 0 Å². The highest BCUT2D eigenvalue weighted by atomic mass is 32.2. The summed E-state index contributed by atoms with van der Waals surface area (Å²) in [6.45, 7) is 5.00. The predicted molar refractivity (Wildman–Crippen MR) is 130 cm³/mol. The third-order valence-corrected chi connectivity index (χ3v) is 6.93. The summed E-state index contributed by atoms with van der Waals surface area (Å²) < 4.78 is 1.84. The zero-order valence-electron chi connectivity index (χ0n) is 19.0. The molecule has 1 aromatic heterocycles. The van der Waals surface area contributed by atoms with Crippen molar-refractivity contribution in [3.8, 4) is 5.69 Å². The highest BCUT2D eigenvalue weighted by Crippen LogP contribution is 2.28. The molecule has 1 aliphatic heterocycles. The third kappa shape index (κ3) is 6.01. The van der Waals surface area contributed by atoms with Crippen molar-refractivity contribution >= 4 is 29.3 Å². The minimum absolute atomic E-state index is 0.128. The summed E-state index contributed by atoms with van der Waals surface area (Å²) in [6, 6.07) is 18.0. The van der Waals surface area contributed by atoms with Crippen molar-refractivity contribution in [1.29, 1.82) is 0 Å². The maximum Gasteiger partial charge on any atom is 0.235 e. The van der Waals surface area contributed by atoms with Crippen molar-refractivity contribution in [2.45, 2.75) is 43.5 Å². The van der Waals surface area contributed by atoms with Crippen LogP contribution in [0.3, 0.4) is 0 Å². The Kier molecular flexibility index (Phi) is 7.44. The molecule has 7 nitrogen and oxygen atoms in total. The second kappa shape index (κ2) is 10.7. The number of amides is 2. The molecule has 0 bridgehead atoms. The summed E-state index contributed by atoms with van der Waals surface area (Å²) >= 11 is 1.41. The van der Waals surface area contributed by atoms with E-state index in [0.29, 0.717) is 16.8 Å². The Morgan fingerprint density at radius 3 is 2.61 bits per heavy atom. The molecule has 2 aromatic carbocycles. The van der Waals surface area contributed by atoms with E-state index in [9.17, 15) is 9.59 Å². The van der Waals surface area contributed by atoms with E-state index in [-0.39, 0.29) is 17.1 Å². The monoisotopic (exact) mass is 463 g/mol. The molecule has 1 aliphatic rings. The highest BCUT2D eigenvalue weighted by molar-refractivity contribution is 8.00. The molecular formula is C25H29N5O2S. The van der Waals surface area contributed by atoms with Gasteiger partial charge in [-0.3, -0.25) is 14.2 Å². The van der Waals surface area contributed by atoms with E-state index in [1.165, 1.54) is 24.2 Å². The van der Waals surface area contributed by atoms with Gasteiger partial charge in [-0.15, -0.1) is 10.2 Å². The summed E-state index contributed by atoms with van der Waals surface area (Å²) in [5.41, 5.74) is 2.90. The number of rotatable bonds is 7. The first-order chi connectivity index (χ1) is 16.0. The van der Waals surface area contributed by atoms with Gasteiger partial charge in [0.1, 0.15) is 6.33 Å². The molecule has 1 atom stereocenters. The topological polar surface area (TPSA) is 80.1 Å². The number of thioether (sulfide) groups is 1. The van der Waals surface area contributed by atoms with Gasteiger partial charge in [0.25, 0.3) is 0 Å². The lowest BCUT2D eigenvalue weighted by atomic mass is 9.90. The number of nitrogens with zero attached hydrogens (tertiary/aromatic N) is 4. The molecule has 0 aliphatic carbocycles. The number of hydrogen-bond acceptors (Lipinski definition) is 5. The summed E-state index contributed by atoms with van der Waals surface area (Å²) in [6.07, 6.45) is 4.77. The first-order valence-corrected chi connectivity index (χ1v) is 12.1. The first kappa shape index (κ1) is 23.0. The molecule has 0 radical (unpaired) electrons. The number of carbonyl (C=O) groups excluding carboxylic acids is 2. The molecule has 33 heavy (non-hydrogen) atoms. The predicted octanol–water partition coefficient (Wildman–Crippen LogP) is 4.19. The lowest BCUT2D eigenvalue weighted by Gasteiger charge is -2.33. The van der Waals surface area contributed by atoms with Crippen LogP contribution in [0.4, 0.5) is 5.69 Å². The molecule has 3 aromatic rings. The Balaban J connectivity index is 1.35. The highest BCUT2D eigenvalue weighted by Gasteiger charge is 2.27. The van der Waals surface area contributed by atoms with Crippen molar-refractivity contribution < 1.29 is 9.59 Å². The molecule has 172 valence electrons. The van der Waals surface area contributed by atoms with Gasteiger partial charge in [-0.2, -0.15) is 0 Å². The standard InChI is InChI=1S/C25H29N5O2S/c1-18(24(32)29-13-11-21(12-14-29)15-20-7-4-3-5-8-20)33-25-28-26-17-30(25)23-10-6-9-22(16-23)27-19(2)31/h3-10,16-18,21H,11-15H2,1-2H3,(H,27,31). The lowest BCUT2D eigenvalue weighted by molar-refractivity contribution is -0.131. The molecule has 0 saturated carbocycles. The summed E-state index contributed by atoms with van der Waals surface area (Å²) in [5.74, 6) is 0.635. The van der Waals surface area contributed by atoms with E-state index < -0.39 is 0 Å². The average molecular weight is 464 g/mol. The summed E-state index contributed by atoms with van der Waals surface area (Å²) in [4.78, 5) is 26.5. The SMILES string of the molecule is CC(=O)Nc1cccc(-n2cnnc2SC(C)C(=O)N2CCC(Cc3ccccc3)CC2)c1. The van der Waals surface area contributed by atoms with Crippen LogP contribution in [0, 0.1) is 5.92 Å². The second-order valence-electron chi connectivity index (χ2n) is 8.43. The van der Waals surface area contributed by atoms with Gasteiger partial charge in [0, 0.05) is 25.7 Å². The minimum Gasteiger partial charge on any atom is -0.342 e. The fourth-order valence-corrected chi connectivity index (χ4v) is 5.12. The van der Waals surface area contributed by atoms with Crippen LogP contribution in [0.25, 0.3) is 5.69 Å². The minimum atomic E-state index is -0.267. The molecule has 4 rings (SSSR count). The van der Waals surface area contributed by atoms with Gasteiger partial charge in [-0.1, -0.05) is 48.2 Å². The summed E-state index contributed by atoms with van der Waals surface area (Å²) in [7, 11) is 0. The van der Waals surface area contributed by atoms with E-state index in [1.807, 2.05) is 46.7 Å². The van der Waals surface area contributed by atoms with E-state index in [0.717, 1.165) is 38.0 Å². The van der Waals surface area contributed by atoms with Crippen LogP contribution >= 0.6 is 11.8 Å². The number of piperidine rings is 1. The Labute approximate surface area is 198 Å². The zero-order chi connectivity index (χ0) is 23.2. The average Bonchev–Trinajstić information content (AvgIpc) is 3.27. The largest absolute Gasteiger partial charge is 0.342 e. The van der Waals surface area contributed by atoms with E-state index >= 15 is 0 Å². The molecule has 2 amide bonds. The smallest absolute Gasteiger partial charge is 0.235 e. The van der Waals surface area contributed by atoms with E-state index in [2.05, 4.69) is 39.8 Å². The van der Waals surface area contributed by atoms with Crippen LogP contribution in [0.15, 0.2) is 66.1 Å². The summed E-state index contributed by atoms with van der Waals surface area (Å²) in [5, 5.41) is 11.4. The van der Waals surface area contributed by atoms with Crippen molar-refractivity contribution in [3.05, 3.63) is 66.5 Å². The number of hydrogen-bond donors (Lipinski definition) is 1. The van der Waals surface area contributed by atoms with Gasteiger partial charge >= 0.3 is 0 Å². The normalized spacial score (nSPS) is 15.3. The van der Waals surface area contributed by atoms with Gasteiger partial charge in [0.05, 0.1) is 10.9 Å². The molecule has 1 saturated heterocycles. The number of aromatic nitrogens is 3. The molecule has 2 heterocycles. The Hall–Kier alpha value is -3.13. The Morgan fingerprint density at radius 2 is 1.88 bits per heavy atom. The third-order valence-electron chi connectivity index (χ3n) is 5.88. The van der Waals surface area contributed by atoms with Crippen molar-refractivity contribution in [1.82, 2.24) is 19.7 Å². The first-order valence-electron chi connectivity index (χ1n) is 11.3. The van der Waals surface area contributed by atoms with Crippen LogP contribution < -0.4 is 5.32 Å². The van der Waals surface area contributed by atoms with Crippen LogP contribution in [0.5, 0.6) is 0 Å². The molecule has 1 fully saturated rings. The molecular weight excluding hydrogens is 434 g/mol. The van der Waals surface area contributed by atoms with E-state index in [1.54, 1.807) is 6.33 Å². The number of carbonyl (C=O) groups is 2. The zero-order valence-corrected chi connectivity index (χ0v) is 19.8. The molecule has 0 spiro atoms. The lowest BCUT2D eigenvalue weighted by Crippen LogP contribution is -2.42. The van der Waals surface area contributed by atoms with Crippen molar-refractivity contribution in [2.75, 3.05) is 18.4 Å². The maximum atomic E-state index is 13.1. The molecule has 1 unspecified atom stereocenters. The number of benzene rings is 2. The number of anilines is 1. The number of likely N-dealkylation sites (tertiary alicyclic amines) is 1. The van der Waals surface area contributed by atoms with Crippen molar-refractivity contribution in [2.24, 2.45) is 5.92 Å². The van der Waals surface area contributed by atoms with Gasteiger partial charge in [-0.05, 0) is 55.9 Å². The quantitative estimate of drug-likeness (QED) is 0.532. The van der Waals surface area contributed by atoms with Crippen LogP contribution in [0.1, 0.15) is 32.3 Å². The number of nitrogens with one attached hydrogen (secondary N) is 1. The van der Waals surface area contributed by atoms with Crippen LogP contribution in [0.2, 0.25) is 0 Å². The molecule has 1 N–H and O–H groups in total. The van der Waals surface area contributed by atoms with Gasteiger partial charge in [-0.25, -0.2) is 0 Å². The van der Waals surface area contributed by atoms with Crippen LogP contribution in [-0.2, 0) is 16.0 Å². The second-order valence-corrected chi connectivity index (χ2v) is 9.74. The fraction of sp³-hybridized carbons (Fsp3) is 0.360. The van der Waals surface area contributed by atoms with Gasteiger partial charge < -0.3 is 10.2 Å². The van der Waals surface area contributed by atoms with Gasteiger partial charge in [0.2, 0.25) is 11.8 Å². The van der Waals surface area contributed by atoms with Gasteiger partial charge in [0.15, 0.2) is 5.16 Å². The Bertz CT molecular complexity index is 1090. The Morgan fingerprint density at radius 1 is 1.12 bits per heavy atom. The fourth-order valence-electron chi connectivity index (χ4n) is 4.19. The van der Waals surface area contributed by atoms with E-state index in [4.69, 9.17) is 0 Å². The maximum absolute atomic E-state index is 13.1.